The van der Waals surface area contributed by atoms with Crippen LogP contribution in [0.1, 0.15) is 24.1 Å². The number of aromatic amines is 1. The molecule has 0 atom stereocenters. The van der Waals surface area contributed by atoms with Gasteiger partial charge in [0.25, 0.3) is 0 Å². The Balaban J connectivity index is 0.00000324. The van der Waals surface area contributed by atoms with Crippen molar-refractivity contribution in [2.24, 2.45) is 5.18 Å². The van der Waals surface area contributed by atoms with Crippen LogP contribution in [0.5, 0.6) is 5.75 Å². The number of methoxy groups -OCH3 is 1. The summed E-state index contributed by atoms with van der Waals surface area (Å²) in [5.41, 5.74) is 4.43. The van der Waals surface area contributed by atoms with Gasteiger partial charge in [-0.25, -0.2) is 13.8 Å². The van der Waals surface area contributed by atoms with E-state index in [9.17, 15) is 9.70 Å². The topological polar surface area (TPSA) is 140 Å². The first-order valence-electron chi connectivity index (χ1n) is 10.5. The number of carbonyl (C=O) groups is 1. The van der Waals surface area contributed by atoms with Crippen molar-refractivity contribution in [1.82, 2.24) is 18.9 Å². The van der Waals surface area contributed by atoms with E-state index in [-0.39, 0.29) is 32.0 Å². The summed E-state index contributed by atoms with van der Waals surface area (Å²) in [4.78, 5) is 29.5. The first-order chi connectivity index (χ1) is 16.0. The van der Waals surface area contributed by atoms with Gasteiger partial charge in [0, 0.05) is 24.3 Å². The van der Waals surface area contributed by atoms with Gasteiger partial charge in [-0.1, -0.05) is 5.18 Å². The first kappa shape index (κ1) is 25.4. The Labute approximate surface area is 207 Å². The van der Waals surface area contributed by atoms with Gasteiger partial charge in [-0.3, -0.25) is 9.89 Å². The van der Waals surface area contributed by atoms with Gasteiger partial charge in [-0.05, 0) is 38.0 Å². The summed E-state index contributed by atoms with van der Waals surface area (Å²) in [6, 6.07) is 7.42. The molecule has 1 aromatic carbocycles. The van der Waals surface area contributed by atoms with E-state index in [1.165, 1.54) is 12.1 Å². The minimum Gasteiger partial charge on any atom is -0.495 e. The highest BCUT2D eigenvalue weighted by molar-refractivity contribution is 7.96. The molecular weight excluding hydrogens is 476 g/mol. The summed E-state index contributed by atoms with van der Waals surface area (Å²) in [6.45, 7) is 3.33. The molecule has 34 heavy (non-hydrogen) atoms. The molecule has 0 unspecified atom stereocenters. The van der Waals surface area contributed by atoms with Gasteiger partial charge >= 0.3 is 0 Å². The summed E-state index contributed by atoms with van der Waals surface area (Å²) in [5.74, 6) is 0.516. The van der Waals surface area contributed by atoms with Crippen LogP contribution >= 0.6 is 25.6 Å². The van der Waals surface area contributed by atoms with Crippen molar-refractivity contribution in [3.8, 4) is 11.8 Å². The van der Waals surface area contributed by atoms with E-state index in [2.05, 4.69) is 36.3 Å². The molecule has 0 aliphatic carbocycles. The highest BCUT2D eigenvalue weighted by atomic mass is 32.2. The van der Waals surface area contributed by atoms with Gasteiger partial charge in [0.15, 0.2) is 0 Å². The predicted molar refractivity (Wildman–Crippen MR) is 138 cm³/mol. The van der Waals surface area contributed by atoms with Crippen LogP contribution in [0.4, 0.5) is 11.4 Å². The van der Waals surface area contributed by atoms with E-state index in [0.29, 0.717) is 43.1 Å². The van der Waals surface area contributed by atoms with Crippen LogP contribution in [0, 0.1) is 23.2 Å². The van der Waals surface area contributed by atoms with E-state index in [0.717, 1.165) is 22.3 Å². The van der Waals surface area contributed by atoms with Gasteiger partial charge in [-0.2, -0.15) is 23.7 Å². The Morgan fingerprint density at radius 2 is 2.18 bits per heavy atom. The second kappa shape index (κ2) is 11.3. The Morgan fingerprint density at radius 3 is 2.85 bits per heavy atom. The molecule has 1 amide bonds. The standard InChI is InChI=1S/C21H24N8O3S.H2S/c1-13-16(10-22)23-11-18-21(13)26-29(18)33-24-12-20(30)25-15-3-4-19(32-2)17(9-15)28-7-5-14(27-31)6-8-28;/h3-4,9,11,14,24,26H,5-8,12H2,1-2H3,(H,25,30);1H2. The summed E-state index contributed by atoms with van der Waals surface area (Å²) >= 11 is 1.23. The zero-order valence-electron chi connectivity index (χ0n) is 18.8. The molecule has 0 radical (unpaired) electrons. The number of nitrogens with zero attached hydrogens (tertiary/aromatic N) is 5. The number of aromatic nitrogens is 3. The number of amides is 1. The average molecular weight is 503 g/mol. The number of H-pyrrole nitrogens is 1. The zero-order valence-corrected chi connectivity index (χ0v) is 20.6. The highest BCUT2D eigenvalue weighted by Gasteiger charge is 2.22. The minimum absolute atomic E-state index is 0. The number of pyridine rings is 1. The number of benzene rings is 1. The van der Waals surface area contributed by atoms with Crippen molar-refractivity contribution in [3.63, 3.8) is 0 Å². The second-order valence-electron chi connectivity index (χ2n) is 7.68. The maximum absolute atomic E-state index is 12.4. The van der Waals surface area contributed by atoms with E-state index < -0.39 is 0 Å². The van der Waals surface area contributed by atoms with E-state index in [4.69, 9.17) is 10.00 Å². The molecule has 3 heterocycles. The lowest BCUT2D eigenvalue weighted by Crippen LogP contribution is -2.35. The summed E-state index contributed by atoms with van der Waals surface area (Å²) in [7, 11) is 1.61. The Bertz CT molecular complexity index is 1210. The monoisotopic (exact) mass is 502 g/mol. The molecule has 3 aromatic rings. The van der Waals surface area contributed by atoms with Crippen molar-refractivity contribution in [2.75, 3.05) is 37.0 Å². The van der Waals surface area contributed by atoms with Crippen molar-refractivity contribution in [2.45, 2.75) is 25.8 Å². The number of nitroso groups, excluding NO2 is 1. The molecule has 1 fully saturated rings. The lowest BCUT2D eigenvalue weighted by Gasteiger charge is -2.32. The summed E-state index contributed by atoms with van der Waals surface area (Å²) in [6.07, 6.45) is 3.02. The molecule has 1 saturated heterocycles. The molecule has 3 N–H and O–H groups in total. The SMILES string of the molecule is COc1ccc(NC(=O)CNSn2[nH]c3c(C)c(C#N)ncc32)cc1N1CCC(N=O)CC1.S. The highest BCUT2D eigenvalue weighted by Crippen LogP contribution is 2.33. The van der Waals surface area contributed by atoms with E-state index in [1.54, 1.807) is 23.5 Å². The number of hydrogen-bond donors (Lipinski definition) is 3. The number of hydrogen-bond acceptors (Lipinski definition) is 9. The number of nitrogens with one attached hydrogen (secondary N) is 3. The van der Waals surface area contributed by atoms with Crippen LogP contribution < -0.4 is 19.7 Å². The molecule has 1 aliphatic heterocycles. The van der Waals surface area contributed by atoms with Gasteiger partial charge in [0.2, 0.25) is 5.91 Å². The van der Waals surface area contributed by atoms with Gasteiger partial charge in [0.1, 0.15) is 23.0 Å². The molecule has 2 aromatic heterocycles. The van der Waals surface area contributed by atoms with Gasteiger partial charge in [0.05, 0.1) is 49.2 Å². The lowest BCUT2D eigenvalue weighted by molar-refractivity contribution is -0.115. The van der Waals surface area contributed by atoms with Crippen molar-refractivity contribution in [1.29, 1.82) is 5.26 Å². The molecule has 0 bridgehead atoms. The van der Waals surface area contributed by atoms with E-state index in [1.807, 2.05) is 19.1 Å². The number of aryl methyl sites for hydroxylation is 1. The van der Waals surface area contributed by atoms with Gasteiger partial charge in [-0.15, -0.1) is 0 Å². The van der Waals surface area contributed by atoms with Gasteiger partial charge < -0.3 is 15.0 Å². The van der Waals surface area contributed by atoms with E-state index >= 15 is 0 Å². The molecule has 4 rings (SSSR count). The number of ether oxygens (including phenoxy) is 1. The summed E-state index contributed by atoms with van der Waals surface area (Å²) in [5, 5.41) is 18.2. The maximum Gasteiger partial charge on any atom is 0.239 e. The quantitative estimate of drug-likeness (QED) is 0.315. The smallest absolute Gasteiger partial charge is 0.239 e. The Kier molecular flexibility index (Phi) is 8.43. The molecule has 0 spiro atoms. The fourth-order valence-corrected chi connectivity index (χ4v) is 4.48. The number of fused-ring (bicyclic) bond motifs is 1. The number of rotatable bonds is 8. The Morgan fingerprint density at radius 1 is 1.41 bits per heavy atom. The third-order valence-electron chi connectivity index (χ3n) is 5.65. The number of carbonyl (C=O) groups excluding carboxylic acids is 1. The van der Waals surface area contributed by atoms with Crippen molar-refractivity contribution >= 4 is 53.9 Å². The number of nitriles is 1. The normalized spacial score (nSPS) is 13.9. The Hall–Kier alpha value is -3.21. The molecule has 180 valence electrons. The third kappa shape index (κ3) is 5.30. The second-order valence-corrected chi connectivity index (χ2v) is 8.52. The van der Waals surface area contributed by atoms with Crippen molar-refractivity contribution in [3.05, 3.63) is 40.6 Å². The number of anilines is 2. The van der Waals surface area contributed by atoms with Crippen LogP contribution in [0.15, 0.2) is 29.6 Å². The lowest BCUT2D eigenvalue weighted by atomic mass is 10.0. The fraction of sp³-hybridized carbons (Fsp3) is 0.381. The third-order valence-corrected chi connectivity index (χ3v) is 6.39. The number of piperidine rings is 1. The van der Waals surface area contributed by atoms with Crippen molar-refractivity contribution < 1.29 is 9.53 Å². The molecular formula is C21H26N8O3S2. The fourth-order valence-electron chi connectivity index (χ4n) is 3.78. The van der Waals surface area contributed by atoms with Crippen LogP contribution in [-0.4, -0.2) is 52.9 Å². The average Bonchev–Trinajstić information content (AvgIpc) is 2.82. The zero-order chi connectivity index (χ0) is 23.4. The van der Waals surface area contributed by atoms with Crippen LogP contribution in [0.25, 0.3) is 11.0 Å². The largest absolute Gasteiger partial charge is 0.495 e. The molecule has 0 saturated carbocycles. The van der Waals surface area contributed by atoms with Crippen LogP contribution in [-0.2, 0) is 4.79 Å². The molecule has 13 heteroatoms. The first-order valence-corrected chi connectivity index (χ1v) is 11.2. The van der Waals surface area contributed by atoms with Crippen LogP contribution in [0.2, 0.25) is 0 Å². The molecule has 1 aliphatic rings. The summed E-state index contributed by atoms with van der Waals surface area (Å²) < 4.78 is 10.2. The molecule has 11 nitrogen and oxygen atoms in total. The maximum atomic E-state index is 12.4. The minimum atomic E-state index is -0.197. The van der Waals surface area contributed by atoms with Crippen LogP contribution in [0.3, 0.4) is 0 Å². The predicted octanol–water partition coefficient (Wildman–Crippen LogP) is 3.04.